The molecule has 1 aliphatic rings. The van der Waals surface area contributed by atoms with Gasteiger partial charge in [0.25, 0.3) is 0 Å². The molecule has 2 aromatic rings. The molecule has 0 aliphatic carbocycles. The van der Waals surface area contributed by atoms with Crippen LogP contribution in [-0.4, -0.2) is 5.91 Å². The molecule has 1 heterocycles. The number of fused-ring (bicyclic) bond motifs is 2. The lowest BCUT2D eigenvalue weighted by atomic mass is 9.94. The van der Waals surface area contributed by atoms with E-state index in [-0.39, 0.29) is 33.7 Å². The molecule has 2 aromatic carbocycles. The van der Waals surface area contributed by atoms with Crippen LogP contribution in [0.2, 0.25) is 0 Å². The highest BCUT2D eigenvalue weighted by Gasteiger charge is 2.31. The summed E-state index contributed by atoms with van der Waals surface area (Å²) in [5, 5.41) is 0. The van der Waals surface area contributed by atoms with Gasteiger partial charge in [-0.2, -0.15) is 0 Å². The molecule has 0 fully saturated rings. The molecule has 0 bridgehead atoms. The minimum atomic E-state index is -0.386. The van der Waals surface area contributed by atoms with Crippen LogP contribution in [0.1, 0.15) is 123 Å². The Kier molecular flexibility index (Phi) is 13.1. The molecule has 0 aromatic heterocycles. The van der Waals surface area contributed by atoms with Gasteiger partial charge < -0.3 is 4.90 Å². The highest BCUT2D eigenvalue weighted by molar-refractivity contribution is 9.12. The Labute approximate surface area is 238 Å². The normalized spacial score (nSPS) is 17.2. The highest BCUT2D eigenvalue weighted by Crippen LogP contribution is 2.48. The molecular weight excluding hydrogens is 600 g/mol. The van der Waals surface area contributed by atoms with E-state index in [0.717, 1.165) is 36.0 Å². The van der Waals surface area contributed by atoms with E-state index in [1.54, 1.807) is 17.0 Å². The van der Waals surface area contributed by atoms with Gasteiger partial charge in [-0.05, 0) is 47.4 Å². The Bertz CT molecular complexity index is 999. The Morgan fingerprint density at radius 3 is 1.84 bits per heavy atom. The first-order valence-electron chi connectivity index (χ1n) is 14.1. The van der Waals surface area contributed by atoms with E-state index in [1.165, 1.54) is 88.5 Å². The van der Waals surface area contributed by atoms with Crippen molar-refractivity contribution >= 4 is 43.5 Å². The summed E-state index contributed by atoms with van der Waals surface area (Å²) in [6, 6.07) is 9.28. The van der Waals surface area contributed by atoms with E-state index in [9.17, 15) is 13.6 Å². The van der Waals surface area contributed by atoms with Gasteiger partial charge in [0.15, 0.2) is 0 Å². The van der Waals surface area contributed by atoms with Crippen molar-refractivity contribution < 1.29 is 13.6 Å². The summed E-state index contributed by atoms with van der Waals surface area (Å²) in [6.45, 7) is 2.48. The van der Waals surface area contributed by atoms with Crippen LogP contribution in [0.25, 0.3) is 0 Å². The SMILES string of the molecule is CCCCCCCCCCCCCCCC(=O)N1Cc2cc(F)ccc2C(Br)C(Br)c2ccc(F)cc21. The fraction of sp³-hybridized carbons (Fsp3) is 0.581. The predicted octanol–water partition coefficient (Wildman–Crippen LogP) is 10.9. The Morgan fingerprint density at radius 2 is 1.24 bits per heavy atom. The molecular formula is C31H41Br2F2NO. The van der Waals surface area contributed by atoms with Crippen molar-refractivity contribution in [2.45, 2.75) is 113 Å². The number of benzene rings is 2. The molecule has 0 N–H and O–H groups in total. The summed E-state index contributed by atoms with van der Waals surface area (Å²) < 4.78 is 28.4. The molecule has 0 saturated heterocycles. The van der Waals surface area contributed by atoms with Crippen LogP contribution < -0.4 is 4.90 Å². The first-order chi connectivity index (χ1) is 17.9. The van der Waals surface area contributed by atoms with Crippen LogP contribution in [0.3, 0.4) is 0 Å². The van der Waals surface area contributed by atoms with Crippen molar-refractivity contribution in [3.05, 3.63) is 64.7 Å². The summed E-state index contributed by atoms with van der Waals surface area (Å²) in [5.74, 6) is -0.769. The van der Waals surface area contributed by atoms with Crippen LogP contribution in [0, 0.1) is 11.6 Å². The number of nitrogens with zero attached hydrogens (tertiary/aromatic N) is 1. The van der Waals surface area contributed by atoms with Crippen LogP contribution >= 0.6 is 31.9 Å². The standard InChI is InChI=1S/C31H41Br2F2NO/c1-2-3-4-5-6-7-8-9-10-11-12-13-14-15-29(37)36-22-23-20-24(34)16-18-26(23)30(32)31(33)27-19-17-25(35)21-28(27)36/h16-21,30-31H,2-15,22H2,1H3. The van der Waals surface area contributed by atoms with Gasteiger partial charge in [0.05, 0.1) is 21.9 Å². The molecule has 0 saturated carbocycles. The number of carbonyl (C=O) groups is 1. The van der Waals surface area contributed by atoms with Crippen LogP contribution in [0.5, 0.6) is 0 Å². The van der Waals surface area contributed by atoms with Crippen molar-refractivity contribution in [2.75, 3.05) is 4.90 Å². The van der Waals surface area contributed by atoms with Gasteiger partial charge >= 0.3 is 0 Å². The smallest absolute Gasteiger partial charge is 0.227 e. The van der Waals surface area contributed by atoms with Gasteiger partial charge in [0, 0.05) is 6.42 Å². The maximum atomic E-state index is 14.3. The lowest BCUT2D eigenvalue weighted by Crippen LogP contribution is -2.33. The van der Waals surface area contributed by atoms with Gasteiger partial charge in [-0.15, -0.1) is 0 Å². The summed E-state index contributed by atoms with van der Waals surface area (Å²) in [7, 11) is 0. The maximum Gasteiger partial charge on any atom is 0.227 e. The van der Waals surface area contributed by atoms with Gasteiger partial charge in [-0.3, -0.25) is 4.79 Å². The average Bonchev–Trinajstić information content (AvgIpc) is 2.88. The van der Waals surface area contributed by atoms with E-state index in [4.69, 9.17) is 0 Å². The summed E-state index contributed by atoms with van der Waals surface area (Å²) in [4.78, 5) is 14.7. The van der Waals surface area contributed by atoms with Crippen molar-refractivity contribution in [2.24, 2.45) is 0 Å². The second-order valence-corrected chi connectivity index (χ2v) is 12.3. The zero-order valence-corrected chi connectivity index (χ0v) is 25.3. The first kappa shape index (κ1) is 30.3. The number of anilines is 1. The van der Waals surface area contributed by atoms with Crippen LogP contribution in [0.4, 0.5) is 14.5 Å². The second kappa shape index (κ2) is 16.0. The lowest BCUT2D eigenvalue weighted by Gasteiger charge is -2.33. The number of hydrogen-bond acceptors (Lipinski definition) is 1. The highest BCUT2D eigenvalue weighted by atomic mass is 79.9. The molecule has 1 aliphatic heterocycles. The molecule has 2 atom stereocenters. The number of alkyl halides is 2. The third kappa shape index (κ3) is 9.16. The fourth-order valence-electron chi connectivity index (χ4n) is 5.19. The van der Waals surface area contributed by atoms with Crippen molar-refractivity contribution in [3.8, 4) is 0 Å². The molecule has 37 heavy (non-hydrogen) atoms. The molecule has 2 unspecified atom stereocenters. The third-order valence-electron chi connectivity index (χ3n) is 7.36. The Morgan fingerprint density at radius 1 is 0.757 bits per heavy atom. The molecule has 3 rings (SSSR count). The molecule has 0 radical (unpaired) electrons. The van der Waals surface area contributed by atoms with Gasteiger partial charge in [-0.1, -0.05) is 128 Å². The van der Waals surface area contributed by atoms with Crippen LogP contribution in [0.15, 0.2) is 36.4 Å². The maximum absolute atomic E-state index is 14.3. The minimum Gasteiger partial charge on any atom is -0.308 e. The summed E-state index contributed by atoms with van der Waals surface area (Å²) >= 11 is 7.48. The zero-order chi connectivity index (χ0) is 26.6. The molecule has 1 amide bonds. The minimum absolute atomic E-state index is 0.0437. The second-order valence-electron chi connectivity index (χ2n) is 10.3. The predicted molar refractivity (Wildman–Crippen MR) is 158 cm³/mol. The zero-order valence-electron chi connectivity index (χ0n) is 22.1. The van der Waals surface area contributed by atoms with E-state index >= 15 is 0 Å². The van der Waals surface area contributed by atoms with E-state index in [1.807, 2.05) is 0 Å². The monoisotopic (exact) mass is 639 g/mol. The van der Waals surface area contributed by atoms with Gasteiger partial charge in [0.2, 0.25) is 5.91 Å². The quantitative estimate of drug-likeness (QED) is 0.149. The number of halogens is 4. The number of hydrogen-bond donors (Lipinski definition) is 0. The van der Waals surface area contributed by atoms with Crippen molar-refractivity contribution in [1.82, 2.24) is 0 Å². The average molecular weight is 641 g/mol. The summed E-state index contributed by atoms with van der Waals surface area (Å²) in [6.07, 6.45) is 16.6. The Balaban J connectivity index is 1.51. The van der Waals surface area contributed by atoms with Crippen LogP contribution in [-0.2, 0) is 11.3 Å². The van der Waals surface area contributed by atoms with E-state index < -0.39 is 0 Å². The molecule has 6 heteroatoms. The van der Waals surface area contributed by atoms with E-state index in [2.05, 4.69) is 38.8 Å². The van der Waals surface area contributed by atoms with E-state index in [0.29, 0.717) is 12.1 Å². The number of amides is 1. The molecule has 204 valence electrons. The van der Waals surface area contributed by atoms with Gasteiger partial charge in [-0.25, -0.2) is 8.78 Å². The molecule has 0 spiro atoms. The topological polar surface area (TPSA) is 20.3 Å². The number of unbranched alkanes of at least 4 members (excludes halogenated alkanes) is 12. The largest absolute Gasteiger partial charge is 0.308 e. The number of carbonyl (C=O) groups excluding carboxylic acids is 1. The fourth-order valence-corrected chi connectivity index (χ4v) is 6.59. The molecule has 2 nitrogen and oxygen atoms in total. The third-order valence-corrected chi connectivity index (χ3v) is 10.1. The number of rotatable bonds is 14. The lowest BCUT2D eigenvalue weighted by molar-refractivity contribution is -0.118. The van der Waals surface area contributed by atoms with Crippen molar-refractivity contribution in [1.29, 1.82) is 0 Å². The van der Waals surface area contributed by atoms with Crippen molar-refractivity contribution in [3.63, 3.8) is 0 Å². The van der Waals surface area contributed by atoms with Gasteiger partial charge in [0.1, 0.15) is 11.6 Å². The Hall–Kier alpha value is -1.27. The summed E-state index contributed by atoms with van der Waals surface area (Å²) in [5.41, 5.74) is 3.06. The first-order valence-corrected chi connectivity index (χ1v) is 15.9.